The minimum Gasteiger partial charge on any atom is -0.382 e. The zero-order valence-corrected chi connectivity index (χ0v) is 9.10. The number of nitrogens with two attached hydrogens (primary N) is 3. The third kappa shape index (κ3) is 1.56. The van der Waals surface area contributed by atoms with E-state index in [2.05, 4.69) is 19.9 Å². The number of nitrogen functional groups attached to an aromatic ring is 3. The molecule has 0 radical (unpaired) electrons. The van der Waals surface area contributed by atoms with Crippen molar-refractivity contribution in [2.24, 2.45) is 0 Å². The van der Waals surface area contributed by atoms with Crippen LogP contribution < -0.4 is 17.2 Å². The first-order chi connectivity index (χ1) is 7.49. The highest BCUT2D eigenvalue weighted by atomic mass is 15.1. The van der Waals surface area contributed by atoms with Gasteiger partial charge in [0.2, 0.25) is 5.95 Å². The van der Waals surface area contributed by atoms with Gasteiger partial charge >= 0.3 is 0 Å². The van der Waals surface area contributed by atoms with Gasteiger partial charge in [-0.25, -0.2) is 9.97 Å². The van der Waals surface area contributed by atoms with Crippen LogP contribution in [-0.2, 0) is 0 Å². The van der Waals surface area contributed by atoms with Crippen molar-refractivity contribution in [3.8, 4) is 0 Å². The third-order valence-electron chi connectivity index (χ3n) is 2.18. The summed E-state index contributed by atoms with van der Waals surface area (Å²) in [7, 11) is 0. The monoisotopic (exact) mass is 219 g/mol. The lowest BCUT2D eigenvalue weighted by molar-refractivity contribution is 0.825. The Morgan fingerprint density at radius 2 is 1.56 bits per heavy atom. The fourth-order valence-electron chi connectivity index (χ4n) is 1.44. The molecule has 2 rings (SSSR count). The molecule has 0 aliphatic carbocycles. The molecule has 84 valence electrons. The molecule has 0 saturated heterocycles. The Balaban J connectivity index is 2.79. The molecule has 0 unspecified atom stereocenters. The summed E-state index contributed by atoms with van der Waals surface area (Å²) in [4.78, 5) is 16.2. The first kappa shape index (κ1) is 10.3. The maximum atomic E-state index is 5.77. The molecule has 0 aliphatic heterocycles. The summed E-state index contributed by atoms with van der Waals surface area (Å²) in [5.41, 5.74) is 18.4. The van der Waals surface area contributed by atoms with E-state index < -0.39 is 0 Å². The van der Waals surface area contributed by atoms with E-state index in [1.165, 1.54) is 0 Å². The number of anilines is 3. The molecule has 7 heteroatoms. The molecular weight excluding hydrogens is 206 g/mol. The van der Waals surface area contributed by atoms with E-state index in [1.807, 2.05) is 13.8 Å². The maximum absolute atomic E-state index is 5.77. The Hall–Kier alpha value is -2.18. The average Bonchev–Trinajstić information content (AvgIpc) is 2.15. The van der Waals surface area contributed by atoms with Crippen molar-refractivity contribution in [2.45, 2.75) is 19.8 Å². The van der Waals surface area contributed by atoms with Crippen LogP contribution in [0, 0.1) is 0 Å². The van der Waals surface area contributed by atoms with Gasteiger partial charge in [-0.1, -0.05) is 13.8 Å². The molecule has 0 atom stereocenters. The fraction of sp³-hybridized carbons (Fsp3) is 0.333. The van der Waals surface area contributed by atoms with E-state index in [9.17, 15) is 0 Å². The highest BCUT2D eigenvalue weighted by Crippen LogP contribution is 2.22. The SMILES string of the molecule is CC(C)c1nc2c(N)nc(N)nc2nc1N. The standard InChI is InChI=1S/C9H13N7/c1-3(2)4-6(10)14-8-5(13-4)7(11)15-9(12)16-8/h3H,1-2H3,(H6,10,11,12,14,15,16). The quantitative estimate of drug-likeness (QED) is 0.628. The number of hydrogen-bond donors (Lipinski definition) is 3. The van der Waals surface area contributed by atoms with Crippen LogP contribution in [0.25, 0.3) is 11.2 Å². The zero-order chi connectivity index (χ0) is 11.9. The third-order valence-corrected chi connectivity index (χ3v) is 2.18. The molecule has 6 N–H and O–H groups in total. The summed E-state index contributed by atoms with van der Waals surface area (Å²) in [5.74, 6) is 0.793. The molecular formula is C9H13N7. The summed E-state index contributed by atoms with van der Waals surface area (Å²) >= 11 is 0. The van der Waals surface area contributed by atoms with Crippen LogP contribution in [0.4, 0.5) is 17.6 Å². The van der Waals surface area contributed by atoms with Gasteiger partial charge in [-0.05, 0) is 5.92 Å². The Kier molecular flexibility index (Phi) is 2.22. The second-order valence-electron chi connectivity index (χ2n) is 3.79. The van der Waals surface area contributed by atoms with E-state index in [0.717, 1.165) is 0 Å². The van der Waals surface area contributed by atoms with Crippen molar-refractivity contribution >= 4 is 28.7 Å². The van der Waals surface area contributed by atoms with Crippen LogP contribution in [0.1, 0.15) is 25.5 Å². The Bertz CT molecular complexity index is 549. The van der Waals surface area contributed by atoms with E-state index in [-0.39, 0.29) is 17.7 Å². The van der Waals surface area contributed by atoms with Gasteiger partial charge in [-0.2, -0.15) is 9.97 Å². The van der Waals surface area contributed by atoms with Crippen molar-refractivity contribution in [3.63, 3.8) is 0 Å². The molecule has 16 heavy (non-hydrogen) atoms. The smallest absolute Gasteiger partial charge is 0.224 e. The second kappa shape index (κ2) is 3.44. The highest BCUT2D eigenvalue weighted by molar-refractivity contribution is 5.83. The first-order valence-electron chi connectivity index (χ1n) is 4.85. The number of aromatic nitrogens is 4. The van der Waals surface area contributed by atoms with Crippen LogP contribution in [-0.4, -0.2) is 19.9 Å². The van der Waals surface area contributed by atoms with Gasteiger partial charge in [0.25, 0.3) is 0 Å². The molecule has 0 saturated carbocycles. The molecule has 7 nitrogen and oxygen atoms in total. The average molecular weight is 219 g/mol. The maximum Gasteiger partial charge on any atom is 0.224 e. The largest absolute Gasteiger partial charge is 0.382 e. The normalized spacial score (nSPS) is 11.2. The molecule has 0 aromatic carbocycles. The molecule has 0 bridgehead atoms. The number of fused-ring (bicyclic) bond motifs is 1. The van der Waals surface area contributed by atoms with Crippen molar-refractivity contribution in [1.82, 2.24) is 19.9 Å². The lowest BCUT2D eigenvalue weighted by Gasteiger charge is -2.09. The van der Waals surface area contributed by atoms with Gasteiger partial charge in [0.05, 0.1) is 5.69 Å². The summed E-state index contributed by atoms with van der Waals surface area (Å²) < 4.78 is 0. The predicted molar refractivity (Wildman–Crippen MR) is 62.5 cm³/mol. The minimum atomic E-state index is 0.0657. The summed E-state index contributed by atoms with van der Waals surface area (Å²) in [6, 6.07) is 0. The van der Waals surface area contributed by atoms with Crippen LogP contribution in [0.5, 0.6) is 0 Å². The topological polar surface area (TPSA) is 130 Å². The van der Waals surface area contributed by atoms with E-state index >= 15 is 0 Å². The molecule has 0 fully saturated rings. The zero-order valence-electron chi connectivity index (χ0n) is 9.10. The van der Waals surface area contributed by atoms with Gasteiger partial charge in [-0.15, -0.1) is 0 Å². The molecule has 2 heterocycles. The van der Waals surface area contributed by atoms with E-state index in [4.69, 9.17) is 17.2 Å². The Morgan fingerprint density at radius 3 is 2.19 bits per heavy atom. The van der Waals surface area contributed by atoms with Crippen LogP contribution >= 0.6 is 0 Å². The van der Waals surface area contributed by atoms with Crippen molar-refractivity contribution < 1.29 is 0 Å². The molecule has 0 amide bonds. The molecule has 0 spiro atoms. The van der Waals surface area contributed by atoms with Gasteiger partial charge in [-0.3, -0.25) is 0 Å². The summed E-state index contributed by atoms with van der Waals surface area (Å²) in [6.07, 6.45) is 0. The Morgan fingerprint density at radius 1 is 0.875 bits per heavy atom. The van der Waals surface area contributed by atoms with Gasteiger partial charge in [0.1, 0.15) is 5.82 Å². The summed E-state index contributed by atoms with van der Waals surface area (Å²) in [6.45, 7) is 3.95. The van der Waals surface area contributed by atoms with Gasteiger partial charge in [0.15, 0.2) is 17.0 Å². The molecule has 2 aromatic rings. The lowest BCUT2D eigenvalue weighted by Crippen LogP contribution is -2.08. The molecule has 2 aromatic heterocycles. The number of rotatable bonds is 1. The van der Waals surface area contributed by atoms with E-state index in [1.54, 1.807) is 0 Å². The minimum absolute atomic E-state index is 0.0657. The van der Waals surface area contributed by atoms with E-state index in [0.29, 0.717) is 22.7 Å². The molecule has 0 aliphatic rings. The Labute approximate surface area is 92.1 Å². The van der Waals surface area contributed by atoms with Crippen molar-refractivity contribution in [2.75, 3.05) is 17.2 Å². The van der Waals surface area contributed by atoms with Crippen molar-refractivity contribution in [1.29, 1.82) is 0 Å². The number of hydrogen-bond acceptors (Lipinski definition) is 7. The predicted octanol–water partition coefficient (Wildman–Crippen LogP) is 0.290. The van der Waals surface area contributed by atoms with Crippen LogP contribution in [0.15, 0.2) is 0 Å². The summed E-state index contributed by atoms with van der Waals surface area (Å²) in [5, 5.41) is 0. The first-order valence-corrected chi connectivity index (χ1v) is 4.85. The second-order valence-corrected chi connectivity index (χ2v) is 3.79. The van der Waals surface area contributed by atoms with Gasteiger partial charge in [0, 0.05) is 0 Å². The van der Waals surface area contributed by atoms with Crippen LogP contribution in [0.3, 0.4) is 0 Å². The van der Waals surface area contributed by atoms with Gasteiger partial charge < -0.3 is 17.2 Å². The highest BCUT2D eigenvalue weighted by Gasteiger charge is 2.13. The van der Waals surface area contributed by atoms with Crippen LogP contribution in [0.2, 0.25) is 0 Å². The number of nitrogens with zero attached hydrogens (tertiary/aromatic N) is 4. The lowest BCUT2D eigenvalue weighted by atomic mass is 10.1. The fourth-order valence-corrected chi connectivity index (χ4v) is 1.44. The van der Waals surface area contributed by atoms with Crippen molar-refractivity contribution in [3.05, 3.63) is 5.69 Å².